The van der Waals surface area contributed by atoms with Crippen molar-refractivity contribution >= 4 is 0 Å². The molecule has 0 aliphatic rings. The van der Waals surface area contributed by atoms with E-state index in [-0.39, 0.29) is 6.54 Å². The van der Waals surface area contributed by atoms with E-state index in [9.17, 15) is 5.11 Å². The van der Waals surface area contributed by atoms with Crippen LogP contribution >= 0.6 is 0 Å². The first kappa shape index (κ1) is 9.88. The molecule has 3 heteroatoms. The maximum absolute atomic E-state index is 10.7. The normalized spacial score (nSPS) is 14.1. The summed E-state index contributed by atoms with van der Waals surface area (Å²) in [5.41, 5.74) is 5.16. The summed E-state index contributed by atoms with van der Waals surface area (Å²) in [6.45, 7) is 1.26. The van der Waals surface area contributed by atoms with Gasteiger partial charge in [0.25, 0.3) is 0 Å². The molecule has 0 spiro atoms. The SMILES string of the molecule is CN(C)CCCC([O])CN. The van der Waals surface area contributed by atoms with E-state index in [1.54, 1.807) is 0 Å². The van der Waals surface area contributed by atoms with Gasteiger partial charge in [-0.25, -0.2) is 5.11 Å². The molecule has 0 rings (SSSR count). The van der Waals surface area contributed by atoms with Crippen LogP contribution in [0.5, 0.6) is 0 Å². The van der Waals surface area contributed by atoms with Crippen molar-refractivity contribution in [3.05, 3.63) is 0 Å². The smallest absolute Gasteiger partial charge is 0.105 e. The molecule has 0 saturated carbocycles. The molecule has 1 radical (unpaired) electrons. The predicted octanol–water partition coefficient (Wildman–Crippen LogP) is 0.0860. The second kappa shape index (κ2) is 5.65. The Morgan fingerprint density at radius 1 is 1.50 bits per heavy atom. The number of hydrogen-bond donors (Lipinski definition) is 1. The standard InChI is InChI=1S/C7H17N2O/c1-9(2)5-3-4-7(10)6-8/h7H,3-6,8H2,1-2H3. The molecule has 0 bridgehead atoms. The van der Waals surface area contributed by atoms with Gasteiger partial charge >= 0.3 is 0 Å². The van der Waals surface area contributed by atoms with Gasteiger partial charge in [-0.3, -0.25) is 0 Å². The number of nitrogens with two attached hydrogens (primary N) is 1. The maximum atomic E-state index is 10.7. The highest BCUT2D eigenvalue weighted by atomic mass is 16.3. The van der Waals surface area contributed by atoms with Crippen molar-refractivity contribution in [3.63, 3.8) is 0 Å². The molecule has 61 valence electrons. The van der Waals surface area contributed by atoms with E-state index in [0.717, 1.165) is 13.0 Å². The Morgan fingerprint density at radius 3 is 2.50 bits per heavy atom. The third-order valence-electron chi connectivity index (χ3n) is 1.39. The first-order valence-electron chi connectivity index (χ1n) is 3.67. The summed E-state index contributed by atoms with van der Waals surface area (Å²) in [5, 5.41) is 10.7. The molecule has 0 aliphatic carbocycles. The highest BCUT2D eigenvalue weighted by Gasteiger charge is 2.01. The minimum absolute atomic E-state index is 0.271. The Bertz CT molecular complexity index is 76.0. The highest BCUT2D eigenvalue weighted by Crippen LogP contribution is 1.95. The summed E-state index contributed by atoms with van der Waals surface area (Å²) in [4.78, 5) is 2.07. The Balaban J connectivity index is 3.03. The molecule has 2 N–H and O–H groups in total. The van der Waals surface area contributed by atoms with Gasteiger partial charge in [0.15, 0.2) is 0 Å². The van der Waals surface area contributed by atoms with Crippen LogP contribution in [0.15, 0.2) is 0 Å². The lowest BCUT2D eigenvalue weighted by molar-refractivity contribution is 0.0847. The van der Waals surface area contributed by atoms with E-state index >= 15 is 0 Å². The van der Waals surface area contributed by atoms with Crippen molar-refractivity contribution < 1.29 is 5.11 Å². The minimum atomic E-state index is -0.556. The van der Waals surface area contributed by atoms with Gasteiger partial charge in [-0.05, 0) is 33.5 Å². The fraction of sp³-hybridized carbons (Fsp3) is 1.00. The lowest BCUT2D eigenvalue weighted by atomic mass is 10.2. The van der Waals surface area contributed by atoms with Gasteiger partial charge in [-0.1, -0.05) is 0 Å². The summed E-state index contributed by atoms with van der Waals surface area (Å²) in [5.74, 6) is 0. The number of hydrogen-bond acceptors (Lipinski definition) is 2. The van der Waals surface area contributed by atoms with Crippen LogP contribution in [-0.4, -0.2) is 38.2 Å². The summed E-state index contributed by atoms with van der Waals surface area (Å²) in [6, 6.07) is 0. The lowest BCUT2D eigenvalue weighted by Crippen LogP contribution is -2.20. The Labute approximate surface area is 62.8 Å². The first-order chi connectivity index (χ1) is 4.66. The van der Waals surface area contributed by atoms with Crippen LogP contribution in [0.25, 0.3) is 0 Å². The third kappa shape index (κ3) is 6.01. The van der Waals surface area contributed by atoms with Crippen LogP contribution in [0, 0.1) is 0 Å². The summed E-state index contributed by atoms with van der Waals surface area (Å²) < 4.78 is 0. The van der Waals surface area contributed by atoms with Crippen molar-refractivity contribution in [2.75, 3.05) is 27.2 Å². The van der Waals surface area contributed by atoms with Gasteiger partial charge in [-0.2, -0.15) is 0 Å². The van der Waals surface area contributed by atoms with Crippen LogP contribution < -0.4 is 5.73 Å². The zero-order valence-electron chi connectivity index (χ0n) is 6.84. The molecule has 0 fully saturated rings. The van der Waals surface area contributed by atoms with Crippen LogP contribution in [0.2, 0.25) is 0 Å². The van der Waals surface area contributed by atoms with Gasteiger partial charge in [0.1, 0.15) is 6.10 Å². The number of rotatable bonds is 5. The van der Waals surface area contributed by atoms with Gasteiger partial charge < -0.3 is 10.6 Å². The fourth-order valence-electron chi connectivity index (χ4n) is 0.753. The monoisotopic (exact) mass is 145 g/mol. The summed E-state index contributed by atoms with van der Waals surface area (Å²) in [6.07, 6.45) is 1.10. The van der Waals surface area contributed by atoms with Crippen molar-refractivity contribution in [2.24, 2.45) is 5.73 Å². The van der Waals surface area contributed by atoms with E-state index in [1.165, 1.54) is 0 Å². The molecule has 0 aromatic heterocycles. The van der Waals surface area contributed by atoms with Gasteiger partial charge in [0.2, 0.25) is 0 Å². The fourth-order valence-corrected chi connectivity index (χ4v) is 0.753. The second-order valence-corrected chi connectivity index (χ2v) is 2.80. The molecule has 1 atom stereocenters. The minimum Gasteiger partial charge on any atom is -0.328 e. The topological polar surface area (TPSA) is 49.2 Å². The van der Waals surface area contributed by atoms with Gasteiger partial charge in [0, 0.05) is 6.54 Å². The van der Waals surface area contributed by atoms with Crippen molar-refractivity contribution in [3.8, 4) is 0 Å². The maximum Gasteiger partial charge on any atom is 0.105 e. The molecule has 1 unspecified atom stereocenters. The molecule has 0 aromatic rings. The molecule has 0 heterocycles. The van der Waals surface area contributed by atoms with Gasteiger partial charge in [0.05, 0.1) is 0 Å². The summed E-state index contributed by atoms with van der Waals surface area (Å²) in [7, 11) is 4.00. The molecular formula is C7H17N2O. The Morgan fingerprint density at radius 2 is 2.10 bits per heavy atom. The molecule has 0 saturated heterocycles. The average molecular weight is 145 g/mol. The zero-order chi connectivity index (χ0) is 7.98. The Kier molecular flexibility index (Phi) is 5.58. The molecular weight excluding hydrogens is 128 g/mol. The second-order valence-electron chi connectivity index (χ2n) is 2.80. The molecule has 0 aliphatic heterocycles. The van der Waals surface area contributed by atoms with E-state index in [0.29, 0.717) is 6.42 Å². The van der Waals surface area contributed by atoms with Crippen LogP contribution in [0.4, 0.5) is 0 Å². The Hall–Kier alpha value is -0.120. The number of nitrogens with zero attached hydrogens (tertiary/aromatic N) is 1. The molecule has 0 aromatic carbocycles. The highest BCUT2D eigenvalue weighted by molar-refractivity contribution is 4.56. The van der Waals surface area contributed by atoms with Crippen LogP contribution in [-0.2, 0) is 5.11 Å². The molecule has 3 nitrogen and oxygen atoms in total. The van der Waals surface area contributed by atoms with E-state index in [1.807, 2.05) is 14.1 Å². The largest absolute Gasteiger partial charge is 0.328 e. The third-order valence-corrected chi connectivity index (χ3v) is 1.39. The molecule has 10 heavy (non-hydrogen) atoms. The summed E-state index contributed by atoms with van der Waals surface area (Å²) >= 11 is 0. The van der Waals surface area contributed by atoms with E-state index in [4.69, 9.17) is 5.73 Å². The van der Waals surface area contributed by atoms with Crippen molar-refractivity contribution in [2.45, 2.75) is 18.9 Å². The zero-order valence-corrected chi connectivity index (χ0v) is 6.84. The van der Waals surface area contributed by atoms with Crippen molar-refractivity contribution in [1.82, 2.24) is 4.90 Å². The lowest BCUT2D eigenvalue weighted by Gasteiger charge is -2.09. The van der Waals surface area contributed by atoms with Crippen molar-refractivity contribution in [1.29, 1.82) is 0 Å². The van der Waals surface area contributed by atoms with Gasteiger partial charge in [-0.15, -0.1) is 0 Å². The van der Waals surface area contributed by atoms with E-state index < -0.39 is 6.10 Å². The average Bonchev–Trinajstić information content (AvgIpc) is 1.87. The molecule has 0 amide bonds. The van der Waals surface area contributed by atoms with E-state index in [2.05, 4.69) is 4.90 Å². The first-order valence-corrected chi connectivity index (χ1v) is 3.67. The quantitative estimate of drug-likeness (QED) is 0.596. The predicted molar refractivity (Wildman–Crippen MR) is 41.3 cm³/mol. The van der Waals surface area contributed by atoms with Crippen LogP contribution in [0.3, 0.4) is 0 Å². The van der Waals surface area contributed by atoms with Crippen LogP contribution in [0.1, 0.15) is 12.8 Å².